The van der Waals surface area contributed by atoms with Crippen LogP contribution >= 0.6 is 0 Å². The number of hydrogen-bond acceptors (Lipinski definition) is 3. The summed E-state index contributed by atoms with van der Waals surface area (Å²) in [5.41, 5.74) is 8.02. The summed E-state index contributed by atoms with van der Waals surface area (Å²) in [7, 11) is 0. The van der Waals surface area contributed by atoms with Crippen LogP contribution in [0.1, 0.15) is 28.8 Å². The van der Waals surface area contributed by atoms with Crippen LogP contribution in [0.15, 0.2) is 54.6 Å². The van der Waals surface area contributed by atoms with Crippen LogP contribution in [-0.2, 0) is 11.3 Å². The van der Waals surface area contributed by atoms with Crippen LogP contribution < -0.4 is 11.1 Å². The Balaban J connectivity index is 1.49. The van der Waals surface area contributed by atoms with Crippen LogP contribution in [-0.4, -0.2) is 29.8 Å². The number of benzene rings is 2. The second-order valence-corrected chi connectivity index (χ2v) is 6.40. The number of anilines is 1. The molecule has 5 heteroatoms. The summed E-state index contributed by atoms with van der Waals surface area (Å²) in [4.78, 5) is 26.6. The highest BCUT2D eigenvalue weighted by Gasteiger charge is 2.27. The maximum Gasteiger partial charge on any atom is 0.253 e. The van der Waals surface area contributed by atoms with Crippen molar-refractivity contribution < 1.29 is 9.59 Å². The predicted octanol–water partition coefficient (Wildman–Crippen LogP) is 2.44. The fourth-order valence-corrected chi connectivity index (χ4v) is 3.13. The third kappa shape index (κ3) is 4.38. The summed E-state index contributed by atoms with van der Waals surface area (Å²) >= 11 is 0. The molecule has 1 fully saturated rings. The number of nitrogens with one attached hydrogen (secondary N) is 1. The molecule has 1 heterocycles. The molecule has 0 radical (unpaired) electrons. The number of nitrogens with zero attached hydrogens (tertiary/aromatic N) is 1. The minimum atomic E-state index is -0.0337. The molecular weight excluding hydrogens is 314 g/mol. The number of likely N-dealkylation sites (tertiary alicyclic amines) is 1. The number of rotatable bonds is 4. The average molecular weight is 337 g/mol. The number of carbonyl (C=O) groups excluding carboxylic acids is 2. The molecule has 3 N–H and O–H groups in total. The number of amides is 2. The summed E-state index contributed by atoms with van der Waals surface area (Å²) in [6.07, 6.45) is 1.38. The van der Waals surface area contributed by atoms with Gasteiger partial charge in [0.15, 0.2) is 0 Å². The van der Waals surface area contributed by atoms with Crippen molar-refractivity contribution in [1.29, 1.82) is 0 Å². The molecule has 0 aromatic heterocycles. The van der Waals surface area contributed by atoms with Crippen molar-refractivity contribution in [3.63, 3.8) is 0 Å². The maximum atomic E-state index is 12.5. The van der Waals surface area contributed by atoms with E-state index in [9.17, 15) is 9.59 Å². The molecule has 0 aliphatic carbocycles. The zero-order valence-corrected chi connectivity index (χ0v) is 14.2. The molecule has 25 heavy (non-hydrogen) atoms. The van der Waals surface area contributed by atoms with E-state index in [1.54, 1.807) is 29.2 Å². The lowest BCUT2D eigenvalue weighted by Crippen LogP contribution is -2.42. The first-order valence-electron chi connectivity index (χ1n) is 8.60. The number of carbonyl (C=O) groups is 2. The Kier molecular flexibility index (Phi) is 5.33. The Bertz CT molecular complexity index is 738. The normalized spacial score (nSPS) is 15.0. The predicted molar refractivity (Wildman–Crippen MR) is 97.8 cm³/mol. The smallest absolute Gasteiger partial charge is 0.253 e. The summed E-state index contributed by atoms with van der Waals surface area (Å²) in [5, 5.41) is 2.99. The fraction of sp³-hybridized carbons (Fsp3) is 0.300. The Morgan fingerprint density at radius 1 is 1.04 bits per heavy atom. The highest BCUT2D eigenvalue weighted by atomic mass is 16.2. The van der Waals surface area contributed by atoms with Crippen LogP contribution in [0.2, 0.25) is 0 Å². The van der Waals surface area contributed by atoms with E-state index >= 15 is 0 Å². The summed E-state index contributed by atoms with van der Waals surface area (Å²) in [5.74, 6) is 0.0176. The van der Waals surface area contributed by atoms with Gasteiger partial charge in [0.1, 0.15) is 0 Å². The van der Waals surface area contributed by atoms with Gasteiger partial charge in [-0.05, 0) is 36.6 Å². The number of piperidine rings is 1. The van der Waals surface area contributed by atoms with Gasteiger partial charge in [-0.3, -0.25) is 9.59 Å². The third-order valence-corrected chi connectivity index (χ3v) is 4.60. The summed E-state index contributed by atoms with van der Waals surface area (Å²) in [6, 6.07) is 16.9. The Labute approximate surface area is 147 Å². The van der Waals surface area contributed by atoms with Crippen molar-refractivity contribution in [3.8, 4) is 0 Å². The number of hydrogen-bond donors (Lipinski definition) is 2. The molecule has 2 aromatic rings. The van der Waals surface area contributed by atoms with Gasteiger partial charge in [0.25, 0.3) is 5.91 Å². The van der Waals surface area contributed by atoms with Crippen molar-refractivity contribution in [1.82, 2.24) is 10.2 Å². The largest absolute Gasteiger partial charge is 0.399 e. The average Bonchev–Trinajstić information content (AvgIpc) is 2.66. The van der Waals surface area contributed by atoms with Crippen molar-refractivity contribution in [2.24, 2.45) is 5.92 Å². The van der Waals surface area contributed by atoms with Crippen molar-refractivity contribution in [2.75, 3.05) is 18.8 Å². The first kappa shape index (κ1) is 17.0. The lowest BCUT2D eigenvalue weighted by molar-refractivity contribution is -0.126. The van der Waals surface area contributed by atoms with E-state index in [2.05, 4.69) is 5.32 Å². The molecule has 2 amide bonds. The van der Waals surface area contributed by atoms with Crippen molar-refractivity contribution in [3.05, 3.63) is 65.7 Å². The fourth-order valence-electron chi connectivity index (χ4n) is 3.13. The summed E-state index contributed by atoms with van der Waals surface area (Å²) < 4.78 is 0. The Morgan fingerprint density at radius 2 is 1.76 bits per heavy atom. The van der Waals surface area contributed by atoms with Gasteiger partial charge in [-0.1, -0.05) is 36.4 Å². The molecule has 0 bridgehead atoms. The van der Waals surface area contributed by atoms with E-state index in [1.807, 2.05) is 30.3 Å². The molecule has 0 unspecified atom stereocenters. The second-order valence-electron chi connectivity index (χ2n) is 6.40. The van der Waals surface area contributed by atoms with Gasteiger partial charge in [0.2, 0.25) is 5.91 Å². The zero-order chi connectivity index (χ0) is 17.6. The SMILES string of the molecule is Nc1cccc(C(=O)N2CCC(C(=O)NCc3ccccc3)CC2)c1. The number of nitrogens with two attached hydrogens (primary N) is 1. The van der Waals surface area contributed by atoms with Crippen LogP contribution in [0.5, 0.6) is 0 Å². The molecule has 130 valence electrons. The molecule has 3 rings (SSSR count). The molecule has 0 spiro atoms. The number of nitrogen functional groups attached to an aromatic ring is 1. The first-order valence-corrected chi connectivity index (χ1v) is 8.60. The van der Waals surface area contributed by atoms with E-state index in [4.69, 9.17) is 5.73 Å². The lowest BCUT2D eigenvalue weighted by atomic mass is 9.95. The molecular formula is C20H23N3O2. The zero-order valence-electron chi connectivity index (χ0n) is 14.2. The van der Waals surface area contributed by atoms with Gasteiger partial charge < -0.3 is 16.0 Å². The van der Waals surface area contributed by atoms with Gasteiger partial charge in [-0.15, -0.1) is 0 Å². The van der Waals surface area contributed by atoms with Gasteiger partial charge >= 0.3 is 0 Å². The van der Waals surface area contributed by atoms with Gasteiger partial charge in [0.05, 0.1) is 0 Å². The highest BCUT2D eigenvalue weighted by molar-refractivity contribution is 5.95. The standard InChI is InChI=1S/C20H23N3O2/c21-18-8-4-7-17(13-18)20(25)23-11-9-16(10-12-23)19(24)22-14-15-5-2-1-3-6-15/h1-8,13,16H,9-12,14,21H2,(H,22,24). The van der Waals surface area contributed by atoms with Gasteiger partial charge in [-0.25, -0.2) is 0 Å². The monoisotopic (exact) mass is 337 g/mol. The van der Waals surface area contributed by atoms with E-state index in [0.717, 1.165) is 5.56 Å². The lowest BCUT2D eigenvalue weighted by Gasteiger charge is -2.31. The molecule has 0 saturated carbocycles. The van der Waals surface area contributed by atoms with Crippen molar-refractivity contribution >= 4 is 17.5 Å². The minimum Gasteiger partial charge on any atom is -0.399 e. The minimum absolute atomic E-state index is 0.0181. The van der Waals surface area contributed by atoms with Crippen molar-refractivity contribution in [2.45, 2.75) is 19.4 Å². The molecule has 0 atom stereocenters. The van der Waals surface area contributed by atoms with E-state index in [0.29, 0.717) is 43.7 Å². The van der Waals surface area contributed by atoms with Crippen LogP contribution in [0.4, 0.5) is 5.69 Å². The van der Waals surface area contributed by atoms with Crippen LogP contribution in [0.3, 0.4) is 0 Å². The van der Waals surface area contributed by atoms with Gasteiger partial charge in [-0.2, -0.15) is 0 Å². The van der Waals surface area contributed by atoms with E-state index in [1.165, 1.54) is 0 Å². The second kappa shape index (κ2) is 7.83. The first-order chi connectivity index (χ1) is 12.1. The molecule has 1 saturated heterocycles. The molecule has 1 aliphatic heterocycles. The van der Waals surface area contributed by atoms with E-state index < -0.39 is 0 Å². The third-order valence-electron chi connectivity index (χ3n) is 4.60. The summed E-state index contributed by atoms with van der Waals surface area (Å²) in [6.45, 7) is 1.73. The highest BCUT2D eigenvalue weighted by Crippen LogP contribution is 2.20. The van der Waals surface area contributed by atoms with Gasteiger partial charge in [0, 0.05) is 36.8 Å². The molecule has 1 aliphatic rings. The van der Waals surface area contributed by atoms with E-state index in [-0.39, 0.29) is 17.7 Å². The Morgan fingerprint density at radius 3 is 2.44 bits per heavy atom. The maximum absolute atomic E-state index is 12.5. The van der Waals surface area contributed by atoms with Crippen LogP contribution in [0, 0.1) is 5.92 Å². The quantitative estimate of drug-likeness (QED) is 0.842. The van der Waals surface area contributed by atoms with Crippen LogP contribution in [0.25, 0.3) is 0 Å². The Hall–Kier alpha value is -2.82. The molecule has 5 nitrogen and oxygen atoms in total. The topological polar surface area (TPSA) is 75.4 Å². The molecule has 2 aromatic carbocycles.